The van der Waals surface area contributed by atoms with Crippen molar-refractivity contribution in [2.45, 2.75) is 56.3 Å². The van der Waals surface area contributed by atoms with Crippen LogP contribution >= 0.6 is 22.7 Å². The zero-order valence-corrected chi connectivity index (χ0v) is 23.4. The third-order valence-electron chi connectivity index (χ3n) is 6.79. The number of sulfonamides is 1. The van der Waals surface area contributed by atoms with Crippen molar-refractivity contribution in [1.29, 1.82) is 0 Å². The third-order valence-corrected chi connectivity index (χ3v) is 11.4. The highest BCUT2D eigenvalue weighted by Crippen LogP contribution is 2.37. The molecule has 0 bridgehead atoms. The molecular formula is C27H27N3O4S3. The molecule has 10 heteroatoms. The van der Waals surface area contributed by atoms with Crippen LogP contribution in [0.25, 0.3) is 20.8 Å². The van der Waals surface area contributed by atoms with Crippen LogP contribution in [-0.2, 0) is 19.6 Å². The van der Waals surface area contributed by atoms with E-state index in [2.05, 4.69) is 6.07 Å². The van der Waals surface area contributed by atoms with Crippen molar-refractivity contribution in [1.82, 2.24) is 9.29 Å². The van der Waals surface area contributed by atoms with E-state index in [4.69, 9.17) is 4.98 Å². The first kappa shape index (κ1) is 25.7. The van der Waals surface area contributed by atoms with Gasteiger partial charge in [0, 0.05) is 11.1 Å². The molecule has 1 aliphatic rings. The molecule has 0 aliphatic carbocycles. The monoisotopic (exact) mass is 553 g/mol. The minimum absolute atomic E-state index is 0.156. The van der Waals surface area contributed by atoms with E-state index >= 15 is 0 Å². The molecule has 2 aromatic heterocycles. The molecule has 0 spiro atoms. The number of carbonyl (C=O) groups is 2. The number of thiophene rings is 1. The molecule has 1 unspecified atom stereocenters. The second-order valence-corrected chi connectivity index (χ2v) is 13.7. The van der Waals surface area contributed by atoms with Gasteiger partial charge in [0.1, 0.15) is 15.3 Å². The van der Waals surface area contributed by atoms with Crippen molar-refractivity contribution >= 4 is 60.4 Å². The van der Waals surface area contributed by atoms with Gasteiger partial charge in [0.15, 0.2) is 0 Å². The average Bonchev–Trinajstić information content (AvgIpc) is 3.59. The predicted molar refractivity (Wildman–Crippen MR) is 148 cm³/mol. The van der Waals surface area contributed by atoms with Crippen molar-refractivity contribution in [2.24, 2.45) is 0 Å². The van der Waals surface area contributed by atoms with E-state index in [0.29, 0.717) is 12.1 Å². The maximum Gasteiger partial charge on any atom is 0.253 e. The highest BCUT2D eigenvalue weighted by molar-refractivity contribution is 7.91. The van der Waals surface area contributed by atoms with Gasteiger partial charge in [-0.1, -0.05) is 19.1 Å². The number of hydrogen-bond acceptors (Lipinski definition) is 7. The van der Waals surface area contributed by atoms with Gasteiger partial charge >= 0.3 is 0 Å². The molecule has 4 aromatic rings. The van der Waals surface area contributed by atoms with E-state index in [1.165, 1.54) is 15.9 Å². The number of carbonyl (C=O) groups excluding carboxylic acids is 2. The second-order valence-electron chi connectivity index (χ2n) is 9.72. The Hall–Kier alpha value is -2.92. The molecule has 2 aromatic carbocycles. The van der Waals surface area contributed by atoms with Crippen LogP contribution < -0.4 is 4.90 Å². The Balaban J connectivity index is 1.46. The average molecular weight is 554 g/mol. The SMILES string of the molecule is CCC(C)(C)N(C1CC(=O)N(c2ccc(-c3nc4ccc(C)cc4s3)cc2)C1=O)S(=O)(=O)c1cccs1. The number of amides is 2. The highest BCUT2D eigenvalue weighted by Gasteiger charge is 2.51. The summed E-state index contributed by atoms with van der Waals surface area (Å²) in [6.45, 7) is 7.48. The zero-order valence-electron chi connectivity index (χ0n) is 21.0. The molecule has 0 radical (unpaired) electrons. The maximum atomic E-state index is 13.6. The molecule has 0 N–H and O–H groups in total. The van der Waals surface area contributed by atoms with Gasteiger partial charge in [-0.3, -0.25) is 9.59 Å². The van der Waals surface area contributed by atoms with Gasteiger partial charge in [-0.2, -0.15) is 4.31 Å². The minimum atomic E-state index is -3.99. The van der Waals surface area contributed by atoms with E-state index < -0.39 is 33.4 Å². The first-order valence-corrected chi connectivity index (χ1v) is 15.1. The number of anilines is 1. The molecular weight excluding hydrogens is 527 g/mol. The van der Waals surface area contributed by atoms with Gasteiger partial charge in [0.05, 0.1) is 22.3 Å². The third kappa shape index (κ3) is 4.52. The number of rotatable bonds is 7. The number of thiazole rings is 1. The van der Waals surface area contributed by atoms with Crippen LogP contribution in [0.4, 0.5) is 5.69 Å². The van der Waals surface area contributed by atoms with Gasteiger partial charge < -0.3 is 0 Å². The van der Waals surface area contributed by atoms with Crippen molar-refractivity contribution in [3.8, 4) is 10.6 Å². The molecule has 1 atom stereocenters. The van der Waals surface area contributed by atoms with Crippen LogP contribution in [0.3, 0.4) is 0 Å². The summed E-state index contributed by atoms with van der Waals surface area (Å²) in [4.78, 5) is 32.6. The molecule has 7 nitrogen and oxygen atoms in total. The van der Waals surface area contributed by atoms with Crippen molar-refractivity contribution in [3.05, 3.63) is 65.5 Å². The molecule has 37 heavy (non-hydrogen) atoms. The van der Waals surface area contributed by atoms with Gasteiger partial charge in [-0.15, -0.1) is 22.7 Å². The van der Waals surface area contributed by atoms with E-state index in [1.54, 1.807) is 48.8 Å². The summed E-state index contributed by atoms with van der Waals surface area (Å²) in [6.07, 6.45) is 0.276. The molecule has 1 saturated heterocycles. The van der Waals surface area contributed by atoms with Crippen molar-refractivity contribution in [3.63, 3.8) is 0 Å². The van der Waals surface area contributed by atoms with E-state index in [0.717, 1.165) is 37.0 Å². The van der Waals surface area contributed by atoms with Gasteiger partial charge in [-0.05, 0) is 80.6 Å². The van der Waals surface area contributed by atoms with Crippen LogP contribution in [-0.4, -0.2) is 41.1 Å². The Morgan fingerprint density at radius 3 is 2.49 bits per heavy atom. The predicted octanol–water partition coefficient (Wildman–Crippen LogP) is 5.84. The summed E-state index contributed by atoms with van der Waals surface area (Å²) < 4.78 is 29.7. The summed E-state index contributed by atoms with van der Waals surface area (Å²) in [6, 6.07) is 15.3. The lowest BCUT2D eigenvalue weighted by Gasteiger charge is -2.39. The Bertz CT molecular complexity index is 1590. The van der Waals surface area contributed by atoms with Crippen LogP contribution in [0, 0.1) is 6.92 Å². The van der Waals surface area contributed by atoms with Crippen LogP contribution in [0.5, 0.6) is 0 Å². The van der Waals surface area contributed by atoms with E-state index in [1.807, 2.05) is 38.1 Å². The first-order chi connectivity index (χ1) is 17.5. The van der Waals surface area contributed by atoms with Crippen molar-refractivity contribution < 1.29 is 18.0 Å². The zero-order chi connectivity index (χ0) is 26.5. The Kier molecular flexibility index (Phi) is 6.56. The van der Waals surface area contributed by atoms with Crippen LogP contribution in [0.15, 0.2) is 64.2 Å². The lowest BCUT2D eigenvalue weighted by atomic mass is 10.00. The maximum absolute atomic E-state index is 13.6. The van der Waals surface area contributed by atoms with Gasteiger partial charge in [-0.25, -0.2) is 18.3 Å². The molecule has 1 fully saturated rings. The number of imide groups is 1. The topological polar surface area (TPSA) is 87.7 Å². The fraction of sp³-hybridized carbons (Fsp3) is 0.296. The van der Waals surface area contributed by atoms with Crippen LogP contribution in [0.1, 0.15) is 39.2 Å². The molecule has 5 rings (SSSR count). The lowest BCUT2D eigenvalue weighted by molar-refractivity contribution is -0.122. The number of fused-ring (bicyclic) bond motifs is 1. The quantitative estimate of drug-likeness (QED) is 0.268. The summed E-state index contributed by atoms with van der Waals surface area (Å²) in [5.74, 6) is -0.952. The Morgan fingerprint density at radius 1 is 1.11 bits per heavy atom. The number of nitrogens with zero attached hydrogens (tertiary/aromatic N) is 3. The molecule has 1 aliphatic heterocycles. The Morgan fingerprint density at radius 2 is 1.84 bits per heavy atom. The number of benzene rings is 2. The fourth-order valence-electron chi connectivity index (χ4n) is 4.56. The molecule has 2 amide bonds. The summed E-state index contributed by atoms with van der Waals surface area (Å²) in [5.41, 5.74) is 2.52. The highest BCUT2D eigenvalue weighted by atomic mass is 32.2. The molecule has 192 valence electrons. The van der Waals surface area contributed by atoms with E-state index in [-0.39, 0.29) is 10.6 Å². The number of hydrogen-bond donors (Lipinski definition) is 0. The fourth-order valence-corrected chi connectivity index (χ4v) is 8.69. The van der Waals surface area contributed by atoms with E-state index in [9.17, 15) is 18.0 Å². The standard InChI is InChI=1S/C27H27N3O4S3/c1-5-27(3,4)30(37(33,34)24-7-6-14-35-24)21-16-23(31)29(26(21)32)19-11-9-18(10-12-19)25-28-20-13-8-17(2)15-22(20)36-25/h6-15,21H,5,16H2,1-4H3. The molecule has 0 saturated carbocycles. The summed E-state index contributed by atoms with van der Waals surface area (Å²) in [5, 5.41) is 2.54. The van der Waals surface area contributed by atoms with Gasteiger partial charge in [0.25, 0.3) is 15.9 Å². The van der Waals surface area contributed by atoms with Crippen LogP contribution in [0.2, 0.25) is 0 Å². The van der Waals surface area contributed by atoms with Gasteiger partial charge in [0.2, 0.25) is 5.91 Å². The minimum Gasteiger partial charge on any atom is -0.274 e. The largest absolute Gasteiger partial charge is 0.274 e. The smallest absolute Gasteiger partial charge is 0.253 e. The molecule has 3 heterocycles. The van der Waals surface area contributed by atoms with Crippen molar-refractivity contribution in [2.75, 3.05) is 4.90 Å². The summed E-state index contributed by atoms with van der Waals surface area (Å²) in [7, 11) is -3.99. The number of aryl methyl sites for hydroxylation is 1. The number of aromatic nitrogens is 1. The first-order valence-electron chi connectivity index (χ1n) is 12.0. The normalized spacial score (nSPS) is 16.9. The summed E-state index contributed by atoms with van der Waals surface area (Å²) >= 11 is 2.68. The lowest BCUT2D eigenvalue weighted by Crippen LogP contribution is -2.55. The second kappa shape index (κ2) is 9.43. The Labute approximate surface area is 224 Å².